The molecule has 98 valence electrons. The van der Waals surface area contributed by atoms with Crippen molar-refractivity contribution in [3.63, 3.8) is 0 Å². The zero-order chi connectivity index (χ0) is 14.0. The summed E-state index contributed by atoms with van der Waals surface area (Å²) in [7, 11) is 0. The van der Waals surface area contributed by atoms with E-state index in [1.54, 1.807) is 0 Å². The van der Waals surface area contributed by atoms with E-state index in [0.29, 0.717) is 0 Å². The molecule has 0 N–H and O–H groups in total. The van der Waals surface area contributed by atoms with Gasteiger partial charge in [-0.05, 0) is 35.4 Å². The van der Waals surface area contributed by atoms with Crippen molar-refractivity contribution in [3.8, 4) is 11.1 Å². The first-order valence-electron chi connectivity index (χ1n) is 4.72. The summed E-state index contributed by atoms with van der Waals surface area (Å²) in [6.45, 7) is 9.50. The molecule has 0 aromatic heterocycles. The largest absolute Gasteiger partial charge is 2.00 e. The molecule has 0 aliphatic heterocycles. The summed E-state index contributed by atoms with van der Waals surface area (Å²) in [4.78, 5) is 0. The van der Waals surface area contributed by atoms with Gasteiger partial charge in [-0.25, -0.2) is 0 Å². The molecule has 2 aromatic rings. The van der Waals surface area contributed by atoms with Crippen LogP contribution in [0.3, 0.4) is 0 Å². The van der Waals surface area contributed by atoms with Crippen molar-refractivity contribution in [2.75, 3.05) is 0 Å². The maximum absolute atomic E-state index is 6.25. The summed E-state index contributed by atoms with van der Waals surface area (Å²) in [6.07, 6.45) is 0. The Kier molecular flexibility index (Phi) is 12.4. The molecule has 0 saturated heterocycles. The summed E-state index contributed by atoms with van der Waals surface area (Å²) < 4.78 is 0. The molecule has 0 bridgehead atoms. The molecular formula is C14H8Cl2N2Pt. The van der Waals surface area contributed by atoms with E-state index >= 15 is 0 Å². The maximum atomic E-state index is 6.25. The molecule has 0 aliphatic rings. The van der Waals surface area contributed by atoms with Crippen molar-refractivity contribution >= 4 is 23.2 Å². The number of hydrogen-bond donors (Lipinski definition) is 0. The van der Waals surface area contributed by atoms with Crippen LogP contribution in [-0.2, 0) is 21.1 Å². The van der Waals surface area contributed by atoms with Crippen LogP contribution in [0.15, 0.2) is 48.5 Å². The number of halogens is 2. The molecule has 0 atom stereocenters. The molecule has 0 fully saturated rings. The van der Waals surface area contributed by atoms with Crippen LogP contribution < -0.4 is 0 Å². The minimum atomic E-state index is 0. The standard InChI is InChI=1S/C12H8Cl2.2CN.Pt/c13-11-5-1-9(2-6-11)10-3-7-12(14)8-4-10;2*1-2;/h1-8H;;;/q;2*-1;+2. The van der Waals surface area contributed by atoms with Crippen LogP contribution in [0.2, 0.25) is 10.0 Å². The summed E-state index contributed by atoms with van der Waals surface area (Å²) in [6, 6.07) is 15.5. The maximum Gasteiger partial charge on any atom is 2.00 e. The van der Waals surface area contributed by atoms with Crippen LogP contribution in [-0.4, -0.2) is 0 Å². The fraction of sp³-hybridized carbons (Fsp3) is 0. The van der Waals surface area contributed by atoms with Crippen LogP contribution in [0.25, 0.3) is 11.1 Å². The molecule has 0 spiro atoms. The van der Waals surface area contributed by atoms with Gasteiger partial charge in [0.1, 0.15) is 0 Å². The van der Waals surface area contributed by atoms with Gasteiger partial charge in [-0.3, -0.25) is 0 Å². The van der Waals surface area contributed by atoms with E-state index in [2.05, 4.69) is 0 Å². The van der Waals surface area contributed by atoms with Crippen molar-refractivity contribution in [3.05, 3.63) is 71.7 Å². The Morgan fingerprint density at radius 1 is 0.579 bits per heavy atom. The molecule has 5 heteroatoms. The van der Waals surface area contributed by atoms with Gasteiger partial charge in [0.25, 0.3) is 0 Å². The predicted molar refractivity (Wildman–Crippen MR) is 71.8 cm³/mol. The van der Waals surface area contributed by atoms with Crippen LogP contribution >= 0.6 is 23.2 Å². The van der Waals surface area contributed by atoms with E-state index in [0.717, 1.165) is 21.2 Å². The van der Waals surface area contributed by atoms with Crippen molar-refractivity contribution < 1.29 is 21.1 Å². The summed E-state index contributed by atoms with van der Waals surface area (Å²) >= 11 is 11.6. The molecule has 19 heavy (non-hydrogen) atoms. The van der Waals surface area contributed by atoms with Gasteiger partial charge in [-0.15, -0.1) is 0 Å². The summed E-state index contributed by atoms with van der Waals surface area (Å²) in [5.74, 6) is 0. The van der Waals surface area contributed by atoms with Crippen molar-refractivity contribution in [2.45, 2.75) is 0 Å². The van der Waals surface area contributed by atoms with Gasteiger partial charge in [0.05, 0.1) is 0 Å². The van der Waals surface area contributed by atoms with E-state index in [4.69, 9.17) is 46.9 Å². The van der Waals surface area contributed by atoms with Crippen LogP contribution in [0.5, 0.6) is 0 Å². The Balaban J connectivity index is 0. The minimum Gasteiger partial charge on any atom is -0.512 e. The summed E-state index contributed by atoms with van der Waals surface area (Å²) in [5, 5.41) is 14.0. The smallest absolute Gasteiger partial charge is 0.512 e. The fourth-order valence-electron chi connectivity index (χ4n) is 1.28. The topological polar surface area (TPSA) is 47.6 Å². The first-order valence-corrected chi connectivity index (χ1v) is 5.47. The Labute approximate surface area is 137 Å². The first kappa shape index (κ1) is 20.0. The monoisotopic (exact) mass is 469 g/mol. The Hall–Kier alpha value is -1.31. The quantitative estimate of drug-likeness (QED) is 0.560. The van der Waals surface area contributed by atoms with Crippen LogP contribution in [0.4, 0.5) is 0 Å². The Morgan fingerprint density at radius 3 is 1.00 bits per heavy atom. The Morgan fingerprint density at radius 2 is 0.789 bits per heavy atom. The molecule has 2 rings (SSSR count). The molecule has 0 radical (unpaired) electrons. The first-order chi connectivity index (χ1) is 8.75. The van der Waals surface area contributed by atoms with E-state index in [1.165, 1.54) is 0 Å². The molecule has 2 nitrogen and oxygen atoms in total. The second-order valence-electron chi connectivity index (χ2n) is 3.01. The fourth-order valence-corrected chi connectivity index (χ4v) is 1.54. The average Bonchev–Trinajstić information content (AvgIpc) is 2.45. The molecule has 0 saturated carbocycles. The number of hydrogen-bond acceptors (Lipinski definition) is 2. The third-order valence-corrected chi connectivity index (χ3v) is 2.53. The van der Waals surface area contributed by atoms with Crippen LogP contribution in [0.1, 0.15) is 0 Å². The predicted octanol–water partition coefficient (Wildman–Crippen LogP) is 4.85. The third-order valence-electron chi connectivity index (χ3n) is 2.02. The van der Waals surface area contributed by atoms with E-state index in [-0.39, 0.29) is 21.1 Å². The number of rotatable bonds is 1. The number of benzene rings is 2. The van der Waals surface area contributed by atoms with Crippen molar-refractivity contribution in [1.82, 2.24) is 0 Å². The van der Waals surface area contributed by atoms with E-state index in [1.807, 2.05) is 48.5 Å². The molecule has 2 aromatic carbocycles. The van der Waals surface area contributed by atoms with Crippen molar-refractivity contribution in [1.29, 1.82) is 10.5 Å². The van der Waals surface area contributed by atoms with E-state index < -0.39 is 0 Å². The van der Waals surface area contributed by atoms with Gasteiger partial charge in [-0.2, -0.15) is 0 Å². The zero-order valence-corrected chi connectivity index (χ0v) is 13.4. The van der Waals surface area contributed by atoms with Gasteiger partial charge in [0.2, 0.25) is 0 Å². The van der Waals surface area contributed by atoms with Gasteiger partial charge in [0, 0.05) is 10.0 Å². The molecular weight excluding hydrogens is 462 g/mol. The SMILES string of the molecule is Clc1ccc(-c2ccc(Cl)cc2)cc1.[C-]#N.[C-]#N.[Pt+2]. The molecule has 0 heterocycles. The van der Waals surface area contributed by atoms with Gasteiger partial charge in [-0.1, -0.05) is 47.5 Å². The van der Waals surface area contributed by atoms with Gasteiger partial charge < -0.3 is 23.7 Å². The normalized spacial score (nSPS) is 7.68. The van der Waals surface area contributed by atoms with Gasteiger partial charge >= 0.3 is 21.1 Å². The molecule has 0 unspecified atom stereocenters. The molecule has 0 aliphatic carbocycles. The summed E-state index contributed by atoms with van der Waals surface area (Å²) in [5.41, 5.74) is 2.29. The average molecular weight is 470 g/mol. The van der Waals surface area contributed by atoms with Gasteiger partial charge in [0.15, 0.2) is 0 Å². The van der Waals surface area contributed by atoms with E-state index in [9.17, 15) is 0 Å². The second-order valence-corrected chi connectivity index (χ2v) is 3.89. The van der Waals surface area contributed by atoms with Crippen LogP contribution in [0, 0.1) is 23.7 Å². The zero-order valence-electron chi connectivity index (χ0n) is 9.59. The Bertz CT molecular complexity index is 455. The second kappa shape index (κ2) is 11.8. The molecule has 0 amide bonds. The minimum absolute atomic E-state index is 0. The number of nitrogens with zero attached hydrogens (tertiary/aromatic N) is 2. The third kappa shape index (κ3) is 6.99. The van der Waals surface area contributed by atoms with Crippen molar-refractivity contribution in [2.24, 2.45) is 0 Å².